The molecule has 2 atom stereocenters. The molecule has 1 aromatic heterocycles. The summed E-state index contributed by atoms with van der Waals surface area (Å²) in [5.41, 5.74) is 1.24. The number of likely N-dealkylation sites (tertiary alicyclic amines) is 1. The molecule has 2 aliphatic rings. The Bertz CT molecular complexity index is 719. The van der Waals surface area contributed by atoms with Gasteiger partial charge in [-0.15, -0.1) is 0 Å². The van der Waals surface area contributed by atoms with Crippen molar-refractivity contribution in [3.8, 4) is 5.75 Å². The first kappa shape index (κ1) is 13.5. The van der Waals surface area contributed by atoms with E-state index in [-0.39, 0.29) is 5.91 Å². The number of rotatable bonds is 2. The van der Waals surface area contributed by atoms with Crippen LogP contribution in [0.3, 0.4) is 0 Å². The van der Waals surface area contributed by atoms with Gasteiger partial charge in [0.25, 0.3) is 5.91 Å². The van der Waals surface area contributed by atoms with Gasteiger partial charge < -0.3 is 14.4 Å². The number of benzene rings is 1. The summed E-state index contributed by atoms with van der Waals surface area (Å²) >= 11 is 0. The lowest BCUT2D eigenvalue weighted by Crippen LogP contribution is -2.31. The fourth-order valence-electron chi connectivity index (χ4n) is 3.44. The number of hydrogen-bond acceptors (Lipinski definition) is 4. The van der Waals surface area contributed by atoms with E-state index in [1.807, 2.05) is 29.2 Å². The number of aromatic nitrogens is 1. The highest BCUT2D eigenvalue weighted by Crippen LogP contribution is 2.31. The molecule has 22 heavy (non-hydrogen) atoms. The molecule has 0 aliphatic carbocycles. The van der Waals surface area contributed by atoms with Crippen LogP contribution in [0.25, 0.3) is 10.9 Å². The van der Waals surface area contributed by atoms with Crippen molar-refractivity contribution in [3.05, 3.63) is 36.0 Å². The topological polar surface area (TPSA) is 51.7 Å². The van der Waals surface area contributed by atoms with E-state index in [0.717, 1.165) is 37.2 Å². The van der Waals surface area contributed by atoms with E-state index in [1.54, 1.807) is 13.2 Å². The number of para-hydroxylation sites is 1. The molecule has 3 heterocycles. The number of carbonyl (C=O) groups is 1. The Morgan fingerprint density at radius 2 is 2.00 bits per heavy atom. The molecule has 1 amide bonds. The Balaban J connectivity index is 1.67. The van der Waals surface area contributed by atoms with Crippen molar-refractivity contribution in [3.63, 3.8) is 0 Å². The number of pyridine rings is 1. The maximum absolute atomic E-state index is 12.8. The second-order valence-electron chi connectivity index (χ2n) is 5.99. The SMILES string of the molecule is COc1cc(C(=O)N2C[C@H]3COC[C@H]3C2)nc2ccccc12. The van der Waals surface area contributed by atoms with Crippen LogP contribution in [0, 0.1) is 11.8 Å². The molecule has 0 unspecified atom stereocenters. The first-order chi connectivity index (χ1) is 10.8. The van der Waals surface area contributed by atoms with Gasteiger partial charge in [0.2, 0.25) is 0 Å². The number of nitrogens with zero attached hydrogens (tertiary/aromatic N) is 2. The first-order valence-corrected chi connectivity index (χ1v) is 7.57. The summed E-state index contributed by atoms with van der Waals surface area (Å²) in [5.74, 6) is 1.63. The van der Waals surface area contributed by atoms with Crippen LogP contribution in [0.5, 0.6) is 5.75 Å². The van der Waals surface area contributed by atoms with E-state index >= 15 is 0 Å². The number of amides is 1. The van der Waals surface area contributed by atoms with Gasteiger partial charge in [-0.2, -0.15) is 0 Å². The summed E-state index contributed by atoms with van der Waals surface area (Å²) < 4.78 is 10.9. The molecule has 2 saturated heterocycles. The van der Waals surface area contributed by atoms with Crippen LogP contribution in [0.2, 0.25) is 0 Å². The molecular formula is C17H18N2O3. The Kier molecular flexibility index (Phi) is 3.22. The Morgan fingerprint density at radius 1 is 1.27 bits per heavy atom. The lowest BCUT2D eigenvalue weighted by molar-refractivity contribution is 0.0745. The van der Waals surface area contributed by atoms with Crippen molar-refractivity contribution < 1.29 is 14.3 Å². The number of ether oxygens (including phenoxy) is 2. The van der Waals surface area contributed by atoms with Gasteiger partial charge in [0.05, 0.1) is 25.8 Å². The third kappa shape index (κ3) is 2.13. The van der Waals surface area contributed by atoms with Gasteiger partial charge in [0.1, 0.15) is 11.4 Å². The molecule has 0 radical (unpaired) electrons. The monoisotopic (exact) mass is 298 g/mol. The van der Waals surface area contributed by atoms with Crippen LogP contribution < -0.4 is 4.74 Å². The molecule has 5 nitrogen and oxygen atoms in total. The number of methoxy groups -OCH3 is 1. The summed E-state index contributed by atoms with van der Waals surface area (Å²) in [7, 11) is 1.62. The van der Waals surface area contributed by atoms with Crippen LogP contribution in [0.4, 0.5) is 0 Å². The zero-order valence-corrected chi connectivity index (χ0v) is 12.5. The first-order valence-electron chi connectivity index (χ1n) is 7.57. The summed E-state index contributed by atoms with van der Waals surface area (Å²) in [5, 5.41) is 0.924. The van der Waals surface area contributed by atoms with Gasteiger partial charge in [-0.25, -0.2) is 4.98 Å². The van der Waals surface area contributed by atoms with Gasteiger partial charge >= 0.3 is 0 Å². The molecule has 0 bridgehead atoms. The van der Waals surface area contributed by atoms with Gasteiger partial charge in [-0.05, 0) is 12.1 Å². The average Bonchev–Trinajstić information content (AvgIpc) is 3.14. The molecule has 4 rings (SSSR count). The van der Waals surface area contributed by atoms with Crippen LogP contribution in [-0.2, 0) is 4.74 Å². The van der Waals surface area contributed by atoms with E-state index in [4.69, 9.17) is 9.47 Å². The molecule has 5 heteroatoms. The average molecular weight is 298 g/mol. The van der Waals surface area contributed by atoms with Crippen molar-refractivity contribution in [2.45, 2.75) is 0 Å². The van der Waals surface area contributed by atoms with Gasteiger partial charge in [0.15, 0.2) is 0 Å². The maximum atomic E-state index is 12.8. The fraction of sp³-hybridized carbons (Fsp3) is 0.412. The van der Waals surface area contributed by atoms with Gasteiger partial charge in [-0.3, -0.25) is 4.79 Å². The minimum absolute atomic E-state index is 0.0153. The molecule has 114 valence electrons. The van der Waals surface area contributed by atoms with E-state index in [9.17, 15) is 4.79 Å². The highest BCUT2D eigenvalue weighted by Gasteiger charge is 2.39. The zero-order chi connectivity index (χ0) is 15.1. The highest BCUT2D eigenvalue weighted by atomic mass is 16.5. The maximum Gasteiger partial charge on any atom is 0.272 e. The Hall–Kier alpha value is -2.14. The van der Waals surface area contributed by atoms with E-state index in [0.29, 0.717) is 23.3 Å². The van der Waals surface area contributed by atoms with E-state index in [2.05, 4.69) is 4.98 Å². The van der Waals surface area contributed by atoms with Crippen LogP contribution in [-0.4, -0.2) is 49.2 Å². The van der Waals surface area contributed by atoms with Crippen molar-refractivity contribution >= 4 is 16.8 Å². The zero-order valence-electron chi connectivity index (χ0n) is 12.5. The van der Waals surface area contributed by atoms with Crippen molar-refractivity contribution in [1.29, 1.82) is 0 Å². The second-order valence-corrected chi connectivity index (χ2v) is 5.99. The van der Waals surface area contributed by atoms with Crippen molar-refractivity contribution in [1.82, 2.24) is 9.88 Å². The molecule has 1 aromatic carbocycles. The molecule has 2 aromatic rings. The predicted molar refractivity (Wildman–Crippen MR) is 82.0 cm³/mol. The third-order valence-electron chi connectivity index (χ3n) is 4.64. The van der Waals surface area contributed by atoms with E-state index in [1.165, 1.54) is 0 Å². The summed E-state index contributed by atoms with van der Waals surface area (Å²) in [4.78, 5) is 19.2. The normalized spacial score (nSPS) is 23.8. The van der Waals surface area contributed by atoms with Crippen LogP contribution in [0.1, 0.15) is 10.5 Å². The van der Waals surface area contributed by atoms with Crippen molar-refractivity contribution in [2.75, 3.05) is 33.4 Å². The largest absolute Gasteiger partial charge is 0.496 e. The molecule has 0 spiro atoms. The van der Waals surface area contributed by atoms with Crippen molar-refractivity contribution in [2.24, 2.45) is 11.8 Å². The summed E-state index contributed by atoms with van der Waals surface area (Å²) in [6, 6.07) is 9.46. The van der Waals surface area contributed by atoms with Crippen LogP contribution >= 0.6 is 0 Å². The second kappa shape index (κ2) is 5.25. The quantitative estimate of drug-likeness (QED) is 0.850. The minimum Gasteiger partial charge on any atom is -0.496 e. The molecule has 2 aliphatic heterocycles. The Labute approximate surface area is 128 Å². The van der Waals surface area contributed by atoms with Gasteiger partial charge in [0, 0.05) is 36.4 Å². The highest BCUT2D eigenvalue weighted by molar-refractivity contribution is 5.97. The summed E-state index contributed by atoms with van der Waals surface area (Å²) in [6.45, 7) is 3.06. The number of carbonyl (C=O) groups excluding carboxylic acids is 1. The number of hydrogen-bond donors (Lipinski definition) is 0. The van der Waals surface area contributed by atoms with E-state index < -0.39 is 0 Å². The fourth-order valence-corrected chi connectivity index (χ4v) is 3.44. The molecule has 0 saturated carbocycles. The standard InChI is InChI=1S/C17H18N2O3/c1-21-16-6-15(18-14-5-3-2-4-13(14)16)17(20)19-7-11-9-22-10-12(11)8-19/h2-6,11-12H,7-10H2,1H3/t11-,12+. The number of fused-ring (bicyclic) bond motifs is 2. The minimum atomic E-state index is -0.0153. The van der Waals surface area contributed by atoms with Gasteiger partial charge in [-0.1, -0.05) is 12.1 Å². The summed E-state index contributed by atoms with van der Waals surface area (Å²) in [6.07, 6.45) is 0. The molecular weight excluding hydrogens is 280 g/mol. The lowest BCUT2D eigenvalue weighted by Gasteiger charge is -2.17. The van der Waals surface area contributed by atoms with Crippen LogP contribution in [0.15, 0.2) is 30.3 Å². The molecule has 0 N–H and O–H groups in total. The third-order valence-corrected chi connectivity index (χ3v) is 4.64. The predicted octanol–water partition coefficient (Wildman–Crippen LogP) is 1.96. The smallest absolute Gasteiger partial charge is 0.272 e. The Morgan fingerprint density at radius 3 is 2.73 bits per heavy atom. The lowest BCUT2D eigenvalue weighted by atomic mass is 10.0. The molecule has 2 fully saturated rings.